The van der Waals surface area contributed by atoms with Crippen molar-refractivity contribution in [2.45, 2.75) is 36.7 Å². The Morgan fingerprint density at radius 1 is 1.17 bits per heavy atom. The van der Waals surface area contributed by atoms with Crippen molar-refractivity contribution >= 4 is 22.7 Å². The van der Waals surface area contributed by atoms with Crippen molar-refractivity contribution in [2.24, 2.45) is 11.8 Å². The highest BCUT2D eigenvalue weighted by Crippen LogP contribution is 2.33. The molecule has 3 aromatic rings. The molecular weight excluding hydrogens is 463 g/mol. The van der Waals surface area contributed by atoms with E-state index in [1.165, 1.54) is 12.1 Å². The summed E-state index contributed by atoms with van der Waals surface area (Å²) in [5.41, 5.74) is 1.73. The van der Waals surface area contributed by atoms with Crippen LogP contribution < -0.4 is 4.74 Å². The number of likely N-dealkylation sites (tertiary alicyclic amines) is 1. The predicted octanol–water partition coefficient (Wildman–Crippen LogP) is 5.31. The first-order valence-corrected chi connectivity index (χ1v) is 13.4. The van der Waals surface area contributed by atoms with Crippen LogP contribution in [0.2, 0.25) is 0 Å². The van der Waals surface area contributed by atoms with Crippen molar-refractivity contribution in [2.75, 3.05) is 39.1 Å². The van der Waals surface area contributed by atoms with Gasteiger partial charge in [0.15, 0.2) is 0 Å². The molecule has 2 heterocycles. The van der Waals surface area contributed by atoms with E-state index in [9.17, 15) is 14.6 Å². The van der Waals surface area contributed by atoms with Gasteiger partial charge in [-0.1, -0.05) is 0 Å². The first kappa shape index (κ1) is 25.9. The van der Waals surface area contributed by atoms with Crippen molar-refractivity contribution < 1.29 is 19.3 Å². The molecule has 2 N–H and O–H groups in total. The van der Waals surface area contributed by atoms with Crippen LogP contribution in [0.25, 0.3) is 10.9 Å². The lowest BCUT2D eigenvalue weighted by Gasteiger charge is -2.38. The lowest BCUT2D eigenvalue weighted by Crippen LogP contribution is -2.42. The van der Waals surface area contributed by atoms with Gasteiger partial charge in [-0.3, -0.25) is 4.98 Å². The summed E-state index contributed by atoms with van der Waals surface area (Å²) in [4.78, 5) is 7.95. The third-order valence-electron chi connectivity index (χ3n) is 7.06. The second kappa shape index (κ2) is 12.7. The molecule has 0 saturated carbocycles. The Bertz CT molecular complexity index is 1080. The highest BCUT2D eigenvalue weighted by atomic mass is 32.2. The zero-order chi connectivity index (χ0) is 24.6. The number of ether oxygens (including phenoxy) is 1. The number of aliphatic hydroxyl groups is 2. The number of aliphatic hydroxyl groups excluding tert-OH is 2. The number of hydrogen-bond acceptors (Lipinski definition) is 6. The van der Waals surface area contributed by atoms with Gasteiger partial charge < -0.3 is 19.8 Å². The molecule has 3 atom stereocenters. The molecule has 0 spiro atoms. The molecule has 1 aliphatic rings. The molecule has 0 bridgehead atoms. The number of aromatic nitrogens is 1. The fourth-order valence-electron chi connectivity index (χ4n) is 5.05. The summed E-state index contributed by atoms with van der Waals surface area (Å²) in [6, 6.07) is 14.3. The molecule has 0 amide bonds. The number of benzene rings is 2. The van der Waals surface area contributed by atoms with Crippen molar-refractivity contribution in [1.82, 2.24) is 9.88 Å². The quantitative estimate of drug-likeness (QED) is 0.276. The number of hydrogen-bond donors (Lipinski definition) is 2. The second-order valence-corrected chi connectivity index (χ2v) is 10.5. The molecule has 2 aromatic carbocycles. The average molecular weight is 499 g/mol. The molecule has 1 aromatic heterocycles. The van der Waals surface area contributed by atoms with Gasteiger partial charge in [0.1, 0.15) is 11.6 Å². The second-order valence-electron chi connectivity index (χ2n) is 9.32. The summed E-state index contributed by atoms with van der Waals surface area (Å²) in [5.74, 6) is 2.18. The van der Waals surface area contributed by atoms with Crippen LogP contribution >= 0.6 is 11.8 Å². The molecule has 1 aliphatic heterocycles. The molecule has 188 valence electrons. The number of thioether (sulfide) groups is 1. The first-order valence-electron chi connectivity index (χ1n) is 12.4. The minimum Gasteiger partial charge on any atom is -0.497 e. The van der Waals surface area contributed by atoms with Gasteiger partial charge >= 0.3 is 0 Å². The maximum atomic E-state index is 13.0. The third kappa shape index (κ3) is 6.94. The first-order chi connectivity index (χ1) is 17.1. The van der Waals surface area contributed by atoms with E-state index < -0.39 is 6.10 Å². The van der Waals surface area contributed by atoms with E-state index in [1.807, 2.05) is 36.4 Å². The Balaban J connectivity index is 1.25. The number of pyridine rings is 1. The lowest BCUT2D eigenvalue weighted by atomic mass is 9.81. The van der Waals surface area contributed by atoms with Crippen LogP contribution in [-0.4, -0.2) is 59.2 Å². The number of methoxy groups -OCH3 is 1. The van der Waals surface area contributed by atoms with E-state index >= 15 is 0 Å². The summed E-state index contributed by atoms with van der Waals surface area (Å²) >= 11 is 1.75. The molecule has 1 fully saturated rings. The van der Waals surface area contributed by atoms with E-state index in [-0.39, 0.29) is 18.3 Å². The minimum absolute atomic E-state index is 0.178. The van der Waals surface area contributed by atoms with Gasteiger partial charge in [-0.15, -0.1) is 11.8 Å². The molecule has 0 aliphatic carbocycles. The summed E-state index contributed by atoms with van der Waals surface area (Å²) in [7, 11) is 1.64. The van der Waals surface area contributed by atoms with Crippen LogP contribution in [0.3, 0.4) is 0 Å². The number of piperidine rings is 1. The Hall–Kier alpha value is -2.19. The van der Waals surface area contributed by atoms with Crippen LogP contribution in [0, 0.1) is 17.7 Å². The van der Waals surface area contributed by atoms with Gasteiger partial charge in [-0.05, 0) is 110 Å². The topological polar surface area (TPSA) is 65.8 Å². The Morgan fingerprint density at radius 3 is 2.77 bits per heavy atom. The number of fused-ring (bicyclic) bond motifs is 1. The summed E-state index contributed by atoms with van der Waals surface area (Å²) in [6.45, 7) is 3.10. The van der Waals surface area contributed by atoms with E-state index in [0.717, 1.165) is 71.8 Å². The van der Waals surface area contributed by atoms with Gasteiger partial charge in [0, 0.05) is 29.6 Å². The standard InChI is InChI=1S/C28H35FN2O3S/c1-34-23-6-9-27-26(17-23)25(11-13-30-27)28(33)10-3-20-12-15-31(18-21(20)19-32)14-2-16-35-24-7-4-22(29)5-8-24/h4-9,11,13,17,20-21,28,32-33H,2-3,10,12,14-16,18-19H2,1H3/t20-,21-,28-/m1/s1. The molecule has 4 rings (SSSR count). The van der Waals surface area contributed by atoms with Gasteiger partial charge in [-0.2, -0.15) is 0 Å². The molecule has 5 nitrogen and oxygen atoms in total. The molecule has 7 heteroatoms. The van der Waals surface area contributed by atoms with E-state index in [2.05, 4.69) is 9.88 Å². The van der Waals surface area contributed by atoms with Crippen molar-refractivity contribution in [3.05, 3.63) is 66.1 Å². The van der Waals surface area contributed by atoms with Crippen LogP contribution in [0.4, 0.5) is 4.39 Å². The van der Waals surface area contributed by atoms with Crippen LogP contribution in [0.5, 0.6) is 5.75 Å². The van der Waals surface area contributed by atoms with Crippen molar-refractivity contribution in [1.29, 1.82) is 0 Å². The molecule has 0 unspecified atom stereocenters. The molecule has 1 saturated heterocycles. The predicted molar refractivity (Wildman–Crippen MR) is 139 cm³/mol. The van der Waals surface area contributed by atoms with Gasteiger partial charge in [-0.25, -0.2) is 4.39 Å². The Kier molecular flexibility index (Phi) is 9.38. The fraction of sp³-hybridized carbons (Fsp3) is 0.464. The number of halogens is 1. The normalized spacial score (nSPS) is 19.7. The lowest BCUT2D eigenvalue weighted by molar-refractivity contribution is 0.0581. The summed E-state index contributed by atoms with van der Waals surface area (Å²) < 4.78 is 18.4. The largest absolute Gasteiger partial charge is 0.497 e. The molecule has 35 heavy (non-hydrogen) atoms. The monoisotopic (exact) mass is 498 g/mol. The smallest absolute Gasteiger partial charge is 0.123 e. The van der Waals surface area contributed by atoms with Crippen LogP contribution in [0.15, 0.2) is 59.6 Å². The van der Waals surface area contributed by atoms with Crippen LogP contribution in [-0.2, 0) is 0 Å². The fourth-order valence-corrected chi connectivity index (χ4v) is 5.88. The summed E-state index contributed by atoms with van der Waals surface area (Å²) in [5, 5.41) is 22.0. The Labute approximate surface area is 211 Å². The number of rotatable bonds is 11. The highest BCUT2D eigenvalue weighted by molar-refractivity contribution is 7.99. The van der Waals surface area contributed by atoms with Crippen molar-refractivity contribution in [3.8, 4) is 5.75 Å². The van der Waals surface area contributed by atoms with E-state index in [1.54, 1.807) is 25.1 Å². The van der Waals surface area contributed by atoms with Gasteiger partial charge in [0.05, 0.1) is 18.7 Å². The Morgan fingerprint density at radius 2 is 2.00 bits per heavy atom. The van der Waals surface area contributed by atoms with Gasteiger partial charge in [0.25, 0.3) is 0 Å². The molecule has 0 radical (unpaired) electrons. The highest BCUT2D eigenvalue weighted by Gasteiger charge is 2.29. The van der Waals surface area contributed by atoms with E-state index in [0.29, 0.717) is 12.3 Å². The average Bonchev–Trinajstić information content (AvgIpc) is 2.90. The SMILES string of the molecule is COc1ccc2nccc([C@H](O)CC[C@@H]3CCN(CCCSc4ccc(F)cc4)C[C@@H]3CO)c2c1. The van der Waals surface area contributed by atoms with Crippen LogP contribution in [0.1, 0.15) is 37.4 Å². The minimum atomic E-state index is -0.575. The van der Waals surface area contributed by atoms with Gasteiger partial charge in [0.2, 0.25) is 0 Å². The number of nitrogens with zero attached hydrogens (tertiary/aromatic N) is 2. The zero-order valence-corrected chi connectivity index (χ0v) is 21.1. The van der Waals surface area contributed by atoms with Crippen molar-refractivity contribution in [3.63, 3.8) is 0 Å². The zero-order valence-electron chi connectivity index (χ0n) is 20.3. The maximum Gasteiger partial charge on any atom is 0.123 e. The summed E-state index contributed by atoms with van der Waals surface area (Å²) in [6.07, 6.45) is 4.81. The molecular formula is C28H35FN2O3S. The van der Waals surface area contributed by atoms with E-state index in [4.69, 9.17) is 4.74 Å². The maximum absolute atomic E-state index is 13.0. The third-order valence-corrected chi connectivity index (χ3v) is 8.16.